The summed E-state index contributed by atoms with van der Waals surface area (Å²) in [7, 11) is 0. The predicted octanol–water partition coefficient (Wildman–Crippen LogP) is 1.90. The van der Waals surface area contributed by atoms with E-state index in [0.29, 0.717) is 11.1 Å². The lowest BCUT2D eigenvalue weighted by molar-refractivity contribution is 0.100. The van der Waals surface area contributed by atoms with E-state index in [0.717, 1.165) is 0 Å². The standard InChI is InChI=1S/C16H11N5O2/c1-20-11-6-7-12(22)14(15(23)21-16(18)19)13(11)10-4-2-9(8-17)3-5-10/h2-7,22H,(H4,18,19,21,23). The number of nitrogens with zero attached hydrogens (tertiary/aromatic N) is 3. The number of phenols is 1. The molecule has 0 aliphatic heterocycles. The van der Waals surface area contributed by atoms with E-state index in [4.69, 9.17) is 23.3 Å². The number of carbonyl (C=O) groups excluding carboxylic acids is 1. The zero-order chi connectivity index (χ0) is 17.0. The van der Waals surface area contributed by atoms with Gasteiger partial charge in [0.1, 0.15) is 5.75 Å². The molecule has 0 unspecified atom stereocenters. The molecule has 0 atom stereocenters. The van der Waals surface area contributed by atoms with Gasteiger partial charge in [0.25, 0.3) is 5.91 Å². The molecule has 0 saturated heterocycles. The highest BCUT2D eigenvalue weighted by molar-refractivity contribution is 6.10. The van der Waals surface area contributed by atoms with Crippen LogP contribution in [-0.4, -0.2) is 17.0 Å². The quantitative estimate of drug-likeness (QED) is 0.443. The number of aliphatic imine (C=N–C) groups is 1. The van der Waals surface area contributed by atoms with Crippen LogP contribution in [-0.2, 0) is 0 Å². The van der Waals surface area contributed by atoms with Gasteiger partial charge in [0.05, 0.1) is 23.8 Å². The minimum absolute atomic E-state index is 0.154. The monoisotopic (exact) mass is 305 g/mol. The van der Waals surface area contributed by atoms with Crippen LogP contribution >= 0.6 is 0 Å². The second kappa shape index (κ2) is 6.29. The first-order valence-electron chi connectivity index (χ1n) is 6.36. The number of aromatic hydroxyl groups is 1. The summed E-state index contributed by atoms with van der Waals surface area (Å²) >= 11 is 0. The normalized spacial score (nSPS) is 9.48. The molecule has 5 N–H and O–H groups in total. The summed E-state index contributed by atoms with van der Waals surface area (Å²) in [5.41, 5.74) is 11.5. The molecule has 0 saturated carbocycles. The fourth-order valence-corrected chi connectivity index (χ4v) is 2.07. The second-order valence-corrected chi connectivity index (χ2v) is 4.50. The average Bonchev–Trinajstić information content (AvgIpc) is 2.53. The van der Waals surface area contributed by atoms with Crippen LogP contribution in [0.4, 0.5) is 5.69 Å². The van der Waals surface area contributed by atoms with E-state index in [1.54, 1.807) is 24.3 Å². The number of nitrogens with two attached hydrogens (primary N) is 2. The fraction of sp³-hybridized carbons (Fsp3) is 0. The lowest BCUT2D eigenvalue weighted by atomic mass is 9.95. The van der Waals surface area contributed by atoms with Crippen molar-refractivity contribution >= 4 is 17.6 Å². The van der Waals surface area contributed by atoms with Crippen LogP contribution in [0.1, 0.15) is 15.9 Å². The van der Waals surface area contributed by atoms with Gasteiger partial charge in [-0.1, -0.05) is 18.2 Å². The number of nitriles is 1. The van der Waals surface area contributed by atoms with Crippen LogP contribution < -0.4 is 11.5 Å². The van der Waals surface area contributed by atoms with Crippen molar-refractivity contribution in [3.63, 3.8) is 0 Å². The number of hydrogen-bond donors (Lipinski definition) is 3. The van der Waals surface area contributed by atoms with Gasteiger partial charge in [-0.05, 0) is 23.8 Å². The Hall–Kier alpha value is -3.84. The molecule has 0 aliphatic carbocycles. The largest absolute Gasteiger partial charge is 0.507 e. The maximum absolute atomic E-state index is 12.2. The van der Waals surface area contributed by atoms with Crippen molar-refractivity contribution in [3.05, 3.63) is 58.9 Å². The third-order valence-electron chi connectivity index (χ3n) is 3.03. The van der Waals surface area contributed by atoms with E-state index >= 15 is 0 Å². The Morgan fingerprint density at radius 1 is 1.22 bits per heavy atom. The highest BCUT2D eigenvalue weighted by Gasteiger charge is 2.21. The molecular formula is C16H11N5O2. The molecule has 0 aliphatic rings. The van der Waals surface area contributed by atoms with E-state index in [1.807, 2.05) is 6.07 Å². The number of amides is 1. The van der Waals surface area contributed by atoms with Crippen molar-refractivity contribution in [2.24, 2.45) is 16.5 Å². The van der Waals surface area contributed by atoms with Crippen molar-refractivity contribution in [2.45, 2.75) is 0 Å². The maximum atomic E-state index is 12.2. The first-order chi connectivity index (χ1) is 11.0. The van der Waals surface area contributed by atoms with E-state index in [9.17, 15) is 9.90 Å². The second-order valence-electron chi connectivity index (χ2n) is 4.50. The molecule has 112 valence electrons. The Kier molecular flexibility index (Phi) is 4.25. The molecule has 2 aromatic rings. The number of guanidine groups is 1. The summed E-state index contributed by atoms with van der Waals surface area (Å²) in [5, 5.41) is 18.9. The first kappa shape index (κ1) is 15.5. The van der Waals surface area contributed by atoms with Gasteiger partial charge in [0, 0.05) is 5.56 Å². The minimum atomic E-state index is -0.854. The Balaban J connectivity index is 2.76. The van der Waals surface area contributed by atoms with Gasteiger partial charge >= 0.3 is 0 Å². The van der Waals surface area contributed by atoms with Gasteiger partial charge < -0.3 is 16.6 Å². The Bertz CT molecular complexity index is 882. The van der Waals surface area contributed by atoms with Gasteiger partial charge in [-0.15, -0.1) is 0 Å². The molecule has 23 heavy (non-hydrogen) atoms. The summed E-state index contributed by atoms with van der Waals surface area (Å²) in [5.74, 6) is -1.65. The topological polar surface area (TPSA) is 130 Å². The maximum Gasteiger partial charge on any atom is 0.283 e. The van der Waals surface area contributed by atoms with E-state index in [-0.39, 0.29) is 22.6 Å². The number of carbonyl (C=O) groups is 1. The van der Waals surface area contributed by atoms with Crippen LogP contribution in [0, 0.1) is 17.9 Å². The highest BCUT2D eigenvalue weighted by Crippen LogP contribution is 2.39. The molecule has 2 rings (SSSR count). The summed E-state index contributed by atoms with van der Waals surface area (Å²) in [4.78, 5) is 19.0. The van der Waals surface area contributed by atoms with Crippen LogP contribution in [0.3, 0.4) is 0 Å². The average molecular weight is 305 g/mol. The van der Waals surface area contributed by atoms with E-state index in [2.05, 4.69) is 9.84 Å². The summed E-state index contributed by atoms with van der Waals surface area (Å²) in [6, 6.07) is 10.8. The van der Waals surface area contributed by atoms with Gasteiger partial charge in [0.2, 0.25) is 0 Å². The fourth-order valence-electron chi connectivity index (χ4n) is 2.07. The Morgan fingerprint density at radius 3 is 2.39 bits per heavy atom. The summed E-state index contributed by atoms with van der Waals surface area (Å²) < 4.78 is 0. The molecule has 0 heterocycles. The molecule has 0 aromatic heterocycles. The summed E-state index contributed by atoms with van der Waals surface area (Å²) in [6.45, 7) is 7.26. The van der Waals surface area contributed by atoms with E-state index < -0.39 is 11.9 Å². The number of hydrogen-bond acceptors (Lipinski definition) is 3. The number of rotatable bonds is 2. The molecule has 0 radical (unpaired) electrons. The molecule has 2 aromatic carbocycles. The van der Waals surface area contributed by atoms with Gasteiger partial charge in [-0.3, -0.25) is 4.79 Å². The molecule has 7 heteroatoms. The smallest absolute Gasteiger partial charge is 0.283 e. The summed E-state index contributed by atoms with van der Waals surface area (Å²) in [6.07, 6.45) is 0. The lowest BCUT2D eigenvalue weighted by Crippen LogP contribution is -2.24. The molecular weight excluding hydrogens is 294 g/mol. The molecule has 0 spiro atoms. The van der Waals surface area contributed by atoms with Crippen LogP contribution in [0.15, 0.2) is 41.4 Å². The van der Waals surface area contributed by atoms with Crippen LogP contribution in [0.25, 0.3) is 16.0 Å². The first-order valence-corrected chi connectivity index (χ1v) is 6.36. The highest BCUT2D eigenvalue weighted by atomic mass is 16.3. The van der Waals surface area contributed by atoms with Crippen molar-refractivity contribution in [3.8, 4) is 22.9 Å². The van der Waals surface area contributed by atoms with Crippen molar-refractivity contribution in [1.29, 1.82) is 5.26 Å². The lowest BCUT2D eigenvalue weighted by Gasteiger charge is -2.11. The van der Waals surface area contributed by atoms with Gasteiger partial charge in [0.15, 0.2) is 11.6 Å². The molecule has 7 nitrogen and oxygen atoms in total. The Morgan fingerprint density at radius 2 is 1.87 bits per heavy atom. The van der Waals surface area contributed by atoms with E-state index in [1.165, 1.54) is 12.1 Å². The molecule has 0 fully saturated rings. The zero-order valence-electron chi connectivity index (χ0n) is 11.8. The van der Waals surface area contributed by atoms with Gasteiger partial charge in [-0.25, -0.2) is 4.85 Å². The number of benzene rings is 2. The molecule has 0 bridgehead atoms. The third kappa shape index (κ3) is 3.09. The minimum Gasteiger partial charge on any atom is -0.507 e. The Labute approximate surface area is 131 Å². The molecule has 1 amide bonds. The van der Waals surface area contributed by atoms with Crippen molar-refractivity contribution in [1.82, 2.24) is 0 Å². The van der Waals surface area contributed by atoms with Crippen molar-refractivity contribution < 1.29 is 9.90 Å². The third-order valence-corrected chi connectivity index (χ3v) is 3.03. The van der Waals surface area contributed by atoms with Crippen LogP contribution in [0.5, 0.6) is 5.75 Å². The number of phenolic OH excluding ortho intramolecular Hbond substituents is 1. The van der Waals surface area contributed by atoms with Gasteiger partial charge in [-0.2, -0.15) is 10.3 Å². The van der Waals surface area contributed by atoms with Crippen LogP contribution in [0.2, 0.25) is 0 Å². The SMILES string of the molecule is [C-]#[N+]c1ccc(O)c(C(=O)N=C(N)N)c1-c1ccc(C#N)cc1. The van der Waals surface area contributed by atoms with Crippen molar-refractivity contribution in [2.75, 3.05) is 0 Å². The predicted molar refractivity (Wildman–Crippen MR) is 84.7 cm³/mol. The zero-order valence-corrected chi connectivity index (χ0v) is 11.8.